The third kappa shape index (κ3) is 5.12. The summed E-state index contributed by atoms with van der Waals surface area (Å²) in [5.41, 5.74) is 3.40. The Kier molecular flexibility index (Phi) is 6.99. The molecule has 0 unspecified atom stereocenters. The van der Waals surface area contributed by atoms with Crippen molar-refractivity contribution in [2.45, 2.75) is 16.7 Å². The minimum atomic E-state index is -4.27. The van der Waals surface area contributed by atoms with E-state index in [1.165, 1.54) is 43.0 Å². The number of hydrogen-bond donors (Lipinski definition) is 0. The van der Waals surface area contributed by atoms with Crippen LogP contribution < -0.4 is 14.2 Å². The van der Waals surface area contributed by atoms with Crippen LogP contribution in [-0.2, 0) is 17.2 Å². The van der Waals surface area contributed by atoms with E-state index in [9.17, 15) is 13.0 Å². The summed E-state index contributed by atoms with van der Waals surface area (Å²) in [6.07, 6.45) is 2.27. The summed E-state index contributed by atoms with van der Waals surface area (Å²) in [6, 6.07) is 20.5. The highest BCUT2D eigenvalue weighted by Gasteiger charge is 2.25. The number of thiazole rings is 1. The summed E-state index contributed by atoms with van der Waals surface area (Å²) in [5, 5.41) is 2.48. The van der Waals surface area contributed by atoms with Crippen LogP contribution in [0.3, 0.4) is 0 Å². The number of ether oxygens (including phenoxy) is 1. The minimum Gasteiger partial charge on any atom is -0.744 e. The smallest absolute Gasteiger partial charge is 0.265 e. The van der Waals surface area contributed by atoms with Gasteiger partial charge in [-0.25, -0.2) is 8.42 Å². The molecule has 0 saturated heterocycles. The lowest BCUT2D eigenvalue weighted by atomic mass is 10.2. The Bertz CT molecular complexity index is 1480. The molecule has 0 spiro atoms. The van der Waals surface area contributed by atoms with E-state index in [-0.39, 0.29) is 4.90 Å². The van der Waals surface area contributed by atoms with E-state index in [2.05, 4.69) is 66.0 Å². The van der Waals surface area contributed by atoms with Gasteiger partial charge in [-0.3, -0.25) is 0 Å². The van der Waals surface area contributed by atoms with Crippen molar-refractivity contribution in [3.8, 4) is 5.75 Å². The van der Waals surface area contributed by atoms with Crippen molar-refractivity contribution in [1.29, 1.82) is 0 Å². The standard InChI is InChI=1S/C18H17N2OS2.C7H8O3S/c1-19-13-6-4-5-7-15(13)22-17(19)11-18-20(2)14-10-12(21-3)8-9-16(14)23-18;1-6-2-4-7(5-3-6)11(8,9)10/h4-11H,1-3H3;2-5H,1H3,(H,8,9,10)/q+1;/p-1. The molecule has 0 amide bonds. The first kappa shape index (κ1) is 24.3. The van der Waals surface area contributed by atoms with Gasteiger partial charge in [0.15, 0.2) is 0 Å². The number of methoxy groups -OCH3 is 1. The van der Waals surface area contributed by atoms with Gasteiger partial charge in [-0.15, -0.1) is 0 Å². The van der Waals surface area contributed by atoms with E-state index in [1.54, 1.807) is 31.0 Å². The van der Waals surface area contributed by atoms with Gasteiger partial charge in [0.2, 0.25) is 5.52 Å². The molecule has 1 aromatic heterocycles. The molecular formula is C25H24N2O4S3. The first-order chi connectivity index (χ1) is 16.2. The van der Waals surface area contributed by atoms with Gasteiger partial charge < -0.3 is 14.2 Å². The Labute approximate surface area is 207 Å². The van der Waals surface area contributed by atoms with Crippen LogP contribution in [0.5, 0.6) is 5.75 Å². The van der Waals surface area contributed by atoms with Gasteiger partial charge in [0, 0.05) is 24.1 Å². The van der Waals surface area contributed by atoms with Crippen LogP contribution in [0, 0.1) is 6.92 Å². The predicted octanol–water partition coefficient (Wildman–Crippen LogP) is 5.17. The van der Waals surface area contributed by atoms with Crippen molar-refractivity contribution in [3.63, 3.8) is 0 Å². The molecule has 176 valence electrons. The second kappa shape index (κ2) is 9.79. The zero-order valence-electron chi connectivity index (χ0n) is 19.2. The third-order valence-corrected chi connectivity index (χ3v) is 8.58. The van der Waals surface area contributed by atoms with Crippen LogP contribution in [0.2, 0.25) is 0 Å². The fourth-order valence-electron chi connectivity index (χ4n) is 3.46. The van der Waals surface area contributed by atoms with Crippen LogP contribution >= 0.6 is 23.1 Å². The predicted molar refractivity (Wildman–Crippen MR) is 137 cm³/mol. The molecule has 0 radical (unpaired) electrons. The minimum absolute atomic E-state index is 0.178. The summed E-state index contributed by atoms with van der Waals surface area (Å²) >= 11 is 3.62. The van der Waals surface area contributed by atoms with Crippen LogP contribution in [-0.4, -0.2) is 27.1 Å². The van der Waals surface area contributed by atoms with E-state index >= 15 is 0 Å². The maximum atomic E-state index is 10.4. The quantitative estimate of drug-likeness (QED) is 0.278. The third-order valence-electron chi connectivity index (χ3n) is 5.40. The molecule has 1 aliphatic heterocycles. The number of thioether (sulfide) groups is 1. The first-order valence-electron chi connectivity index (χ1n) is 10.4. The Morgan fingerprint density at radius 2 is 1.76 bits per heavy atom. The largest absolute Gasteiger partial charge is 0.744 e. The number of aromatic nitrogens is 1. The molecule has 0 saturated carbocycles. The first-order valence-corrected chi connectivity index (χ1v) is 13.4. The molecule has 0 bridgehead atoms. The lowest BCUT2D eigenvalue weighted by Crippen LogP contribution is -2.29. The van der Waals surface area contributed by atoms with Gasteiger partial charge in [0.1, 0.15) is 27.6 Å². The second-order valence-electron chi connectivity index (χ2n) is 7.71. The van der Waals surface area contributed by atoms with Gasteiger partial charge in [0.25, 0.3) is 5.01 Å². The number of hydrogen-bond acceptors (Lipinski definition) is 7. The maximum Gasteiger partial charge on any atom is 0.265 e. The molecule has 3 aromatic carbocycles. The van der Waals surface area contributed by atoms with Gasteiger partial charge >= 0.3 is 0 Å². The van der Waals surface area contributed by atoms with Crippen molar-refractivity contribution in [1.82, 2.24) is 0 Å². The molecule has 0 atom stereocenters. The molecule has 6 nitrogen and oxygen atoms in total. The van der Waals surface area contributed by atoms with Gasteiger partial charge in [-0.2, -0.15) is 4.57 Å². The fourth-order valence-corrected chi connectivity index (χ4v) is 6.15. The monoisotopic (exact) mass is 512 g/mol. The van der Waals surface area contributed by atoms with Gasteiger partial charge in [-0.1, -0.05) is 52.9 Å². The molecule has 34 heavy (non-hydrogen) atoms. The molecule has 0 N–H and O–H groups in total. The Morgan fingerprint density at radius 1 is 1.06 bits per heavy atom. The highest BCUT2D eigenvalue weighted by molar-refractivity contribution is 8.03. The van der Waals surface area contributed by atoms with Crippen molar-refractivity contribution in [2.75, 3.05) is 19.1 Å². The van der Waals surface area contributed by atoms with E-state index in [4.69, 9.17) is 4.74 Å². The molecule has 4 aromatic rings. The fraction of sp³-hybridized carbons (Fsp3) is 0.160. The zero-order valence-corrected chi connectivity index (χ0v) is 21.6. The van der Waals surface area contributed by atoms with Crippen molar-refractivity contribution in [3.05, 3.63) is 82.3 Å². The summed E-state index contributed by atoms with van der Waals surface area (Å²) in [4.78, 5) is 3.32. The molecule has 9 heteroatoms. The van der Waals surface area contributed by atoms with E-state index in [1.807, 2.05) is 24.3 Å². The number of benzene rings is 3. The topological polar surface area (TPSA) is 73.5 Å². The van der Waals surface area contributed by atoms with Crippen LogP contribution in [0.25, 0.3) is 16.3 Å². The number of rotatable bonds is 3. The Morgan fingerprint density at radius 3 is 2.41 bits per heavy atom. The summed E-state index contributed by atoms with van der Waals surface area (Å²) in [5.74, 6) is 0.893. The van der Waals surface area contributed by atoms with Crippen LogP contribution in [0.1, 0.15) is 10.6 Å². The number of fused-ring (bicyclic) bond motifs is 2. The molecule has 5 rings (SSSR count). The number of aryl methyl sites for hydroxylation is 2. The summed E-state index contributed by atoms with van der Waals surface area (Å²) < 4.78 is 40.1. The van der Waals surface area contributed by atoms with Gasteiger partial charge in [0.05, 0.1) is 28.8 Å². The lowest BCUT2D eigenvalue weighted by molar-refractivity contribution is -0.642. The molecule has 2 heterocycles. The van der Waals surface area contributed by atoms with Crippen molar-refractivity contribution in [2.24, 2.45) is 7.05 Å². The molecule has 0 aliphatic carbocycles. The van der Waals surface area contributed by atoms with Crippen LogP contribution in [0.4, 0.5) is 5.69 Å². The average Bonchev–Trinajstić information content (AvgIpc) is 3.30. The second-order valence-corrected chi connectivity index (χ2v) is 11.2. The zero-order chi connectivity index (χ0) is 24.5. The SMILES string of the molecule is COc1ccc2c(c1)N(C)/C(=C/c1sc3ccccc3[n+]1C)S2.Cc1ccc(S(=O)(=O)[O-])cc1. The average molecular weight is 513 g/mol. The summed E-state index contributed by atoms with van der Waals surface area (Å²) in [7, 11) is 1.67. The Balaban J connectivity index is 0.000000210. The number of para-hydroxylation sites is 1. The van der Waals surface area contributed by atoms with Gasteiger partial charge in [-0.05, 0) is 37.3 Å². The molecular weight excluding hydrogens is 488 g/mol. The van der Waals surface area contributed by atoms with Crippen molar-refractivity contribution >= 4 is 55.2 Å². The normalized spacial score (nSPS) is 14.1. The highest BCUT2D eigenvalue weighted by atomic mass is 32.2. The van der Waals surface area contributed by atoms with Crippen LogP contribution in [0.15, 0.2) is 81.6 Å². The molecule has 0 fully saturated rings. The van der Waals surface area contributed by atoms with Crippen molar-refractivity contribution < 1.29 is 22.3 Å². The maximum absolute atomic E-state index is 10.4. The summed E-state index contributed by atoms with van der Waals surface area (Å²) in [6.45, 7) is 1.82. The van der Waals surface area contributed by atoms with E-state index < -0.39 is 10.1 Å². The highest BCUT2D eigenvalue weighted by Crippen LogP contribution is 2.47. The van der Waals surface area contributed by atoms with E-state index in [0.29, 0.717) is 0 Å². The number of anilines is 1. The van der Waals surface area contributed by atoms with E-state index in [0.717, 1.165) is 11.3 Å². The number of nitrogens with zero attached hydrogens (tertiary/aromatic N) is 2. The molecule has 1 aliphatic rings. The Hall–Kier alpha value is -2.85. The lowest BCUT2D eigenvalue weighted by Gasteiger charge is -2.13.